The number of carbonyl (C=O) groups excluding carboxylic acids is 1. The predicted octanol–water partition coefficient (Wildman–Crippen LogP) is 2.16. The Morgan fingerprint density at radius 2 is 2.50 bits per heavy atom. The third kappa shape index (κ3) is 4.21. The van der Waals surface area contributed by atoms with Crippen molar-refractivity contribution in [1.29, 1.82) is 0 Å². The van der Waals surface area contributed by atoms with Crippen LogP contribution in [0.4, 0.5) is 0 Å². The van der Waals surface area contributed by atoms with Crippen LogP contribution in [0.2, 0.25) is 0 Å². The van der Waals surface area contributed by atoms with Crippen molar-refractivity contribution < 1.29 is 9.53 Å². The van der Waals surface area contributed by atoms with E-state index in [1.165, 1.54) is 4.88 Å². The fourth-order valence-electron chi connectivity index (χ4n) is 0.946. The number of halogens is 1. The number of ether oxygens (including phenoxy) is 1. The summed E-state index contributed by atoms with van der Waals surface area (Å²) in [5, 5.41) is 5.03. The van der Waals surface area contributed by atoms with Crippen molar-refractivity contribution >= 4 is 33.2 Å². The van der Waals surface area contributed by atoms with Gasteiger partial charge < -0.3 is 10.1 Å². The summed E-state index contributed by atoms with van der Waals surface area (Å²) in [6.45, 7) is 3.21. The second-order valence-electron chi connectivity index (χ2n) is 2.64. The van der Waals surface area contributed by atoms with Crippen LogP contribution in [0.1, 0.15) is 11.8 Å². The quantitative estimate of drug-likeness (QED) is 0.839. The summed E-state index contributed by atoms with van der Waals surface area (Å²) < 4.78 is 5.86. The molecule has 1 N–H and O–H groups in total. The van der Waals surface area contributed by atoms with E-state index in [1.54, 1.807) is 18.3 Å². The summed E-state index contributed by atoms with van der Waals surface area (Å²) in [4.78, 5) is 12.1. The van der Waals surface area contributed by atoms with Crippen LogP contribution >= 0.6 is 27.3 Å². The lowest BCUT2D eigenvalue weighted by Gasteiger charge is -2.02. The Balaban J connectivity index is 2.18. The molecule has 0 unspecified atom stereocenters. The maximum Gasteiger partial charge on any atom is 0.319 e. The van der Waals surface area contributed by atoms with Crippen LogP contribution in [0.3, 0.4) is 0 Å². The van der Waals surface area contributed by atoms with E-state index < -0.39 is 0 Å². The van der Waals surface area contributed by atoms with Crippen molar-refractivity contribution in [2.75, 3.05) is 13.2 Å². The fourth-order valence-corrected chi connectivity index (χ4v) is 2.37. The zero-order chi connectivity index (χ0) is 10.4. The highest BCUT2D eigenvalue weighted by atomic mass is 79.9. The SMILES string of the molecule is CCOC(=O)CNCc1cc(Br)cs1. The van der Waals surface area contributed by atoms with Gasteiger partial charge in [0.05, 0.1) is 13.2 Å². The maximum absolute atomic E-state index is 10.9. The molecule has 1 aromatic heterocycles. The van der Waals surface area contributed by atoms with Gasteiger partial charge in [0.2, 0.25) is 0 Å². The van der Waals surface area contributed by atoms with Gasteiger partial charge >= 0.3 is 5.97 Å². The molecule has 0 aliphatic rings. The van der Waals surface area contributed by atoms with E-state index >= 15 is 0 Å². The fraction of sp³-hybridized carbons (Fsp3) is 0.444. The summed E-state index contributed by atoms with van der Waals surface area (Å²) in [5.41, 5.74) is 0. The molecular weight excluding hydrogens is 266 g/mol. The molecule has 0 radical (unpaired) electrons. The molecular formula is C9H12BrNO2S. The minimum atomic E-state index is -0.205. The highest BCUT2D eigenvalue weighted by molar-refractivity contribution is 9.10. The average molecular weight is 278 g/mol. The molecule has 0 spiro atoms. The summed E-state index contributed by atoms with van der Waals surface area (Å²) in [5.74, 6) is -0.205. The molecule has 3 nitrogen and oxygen atoms in total. The molecule has 0 atom stereocenters. The molecule has 0 amide bonds. The van der Waals surface area contributed by atoms with Crippen LogP contribution in [0, 0.1) is 0 Å². The van der Waals surface area contributed by atoms with Gasteiger partial charge in [-0.15, -0.1) is 11.3 Å². The number of hydrogen-bond acceptors (Lipinski definition) is 4. The molecule has 78 valence electrons. The first-order valence-corrected chi connectivity index (χ1v) is 5.99. The third-order valence-corrected chi connectivity index (χ3v) is 3.19. The van der Waals surface area contributed by atoms with Crippen LogP contribution in [0.25, 0.3) is 0 Å². The standard InChI is InChI=1S/C9H12BrNO2S/c1-2-13-9(12)5-11-4-8-3-7(10)6-14-8/h3,6,11H,2,4-5H2,1H3. The Bertz CT molecular complexity index is 301. The minimum Gasteiger partial charge on any atom is -0.465 e. The van der Waals surface area contributed by atoms with Gasteiger partial charge in [-0.2, -0.15) is 0 Å². The molecule has 1 aromatic rings. The first-order chi connectivity index (χ1) is 6.72. The zero-order valence-corrected chi connectivity index (χ0v) is 10.3. The Morgan fingerprint density at radius 3 is 3.07 bits per heavy atom. The molecule has 0 aliphatic heterocycles. The summed E-state index contributed by atoms with van der Waals surface area (Å²) in [7, 11) is 0. The van der Waals surface area contributed by atoms with Gasteiger partial charge in [-0.3, -0.25) is 4.79 Å². The number of nitrogens with one attached hydrogen (secondary N) is 1. The van der Waals surface area contributed by atoms with E-state index in [4.69, 9.17) is 4.74 Å². The molecule has 0 fully saturated rings. The van der Waals surface area contributed by atoms with Crippen molar-refractivity contribution in [2.45, 2.75) is 13.5 Å². The molecule has 5 heteroatoms. The monoisotopic (exact) mass is 277 g/mol. The summed E-state index contributed by atoms with van der Waals surface area (Å²) >= 11 is 5.02. The van der Waals surface area contributed by atoms with Crippen LogP contribution in [-0.4, -0.2) is 19.1 Å². The molecule has 0 aliphatic carbocycles. The van der Waals surface area contributed by atoms with Crippen LogP contribution in [-0.2, 0) is 16.1 Å². The molecule has 14 heavy (non-hydrogen) atoms. The normalized spacial score (nSPS) is 10.1. The van der Waals surface area contributed by atoms with Crippen molar-refractivity contribution in [3.8, 4) is 0 Å². The van der Waals surface area contributed by atoms with Gasteiger partial charge in [0.1, 0.15) is 0 Å². The van der Waals surface area contributed by atoms with E-state index in [1.807, 2.05) is 11.4 Å². The zero-order valence-electron chi connectivity index (χ0n) is 7.88. The molecule has 1 rings (SSSR count). The lowest BCUT2D eigenvalue weighted by atomic mass is 10.4. The Labute approximate surface area is 95.6 Å². The number of carbonyl (C=O) groups is 1. The Morgan fingerprint density at radius 1 is 1.71 bits per heavy atom. The number of esters is 1. The Hall–Kier alpha value is -0.390. The lowest BCUT2D eigenvalue weighted by molar-refractivity contribution is -0.142. The van der Waals surface area contributed by atoms with Gasteiger partial charge in [-0.25, -0.2) is 0 Å². The Kier molecular flexibility index (Phi) is 5.14. The summed E-state index contributed by atoms with van der Waals surface area (Å²) in [6.07, 6.45) is 0. The van der Waals surface area contributed by atoms with E-state index in [2.05, 4.69) is 21.2 Å². The van der Waals surface area contributed by atoms with Crippen LogP contribution in [0.15, 0.2) is 15.9 Å². The van der Waals surface area contributed by atoms with E-state index in [9.17, 15) is 4.79 Å². The van der Waals surface area contributed by atoms with Crippen LogP contribution < -0.4 is 5.32 Å². The maximum atomic E-state index is 10.9. The van der Waals surface area contributed by atoms with Gasteiger partial charge in [0.25, 0.3) is 0 Å². The molecule has 0 bridgehead atoms. The van der Waals surface area contributed by atoms with Gasteiger partial charge in [-0.05, 0) is 28.9 Å². The van der Waals surface area contributed by atoms with Crippen molar-refractivity contribution in [1.82, 2.24) is 5.32 Å². The first kappa shape index (κ1) is 11.7. The lowest BCUT2D eigenvalue weighted by Crippen LogP contribution is -2.23. The highest BCUT2D eigenvalue weighted by Gasteiger charge is 2.01. The smallest absolute Gasteiger partial charge is 0.319 e. The van der Waals surface area contributed by atoms with Gasteiger partial charge in [0, 0.05) is 21.3 Å². The van der Waals surface area contributed by atoms with Crippen molar-refractivity contribution in [3.05, 3.63) is 20.8 Å². The van der Waals surface area contributed by atoms with E-state index in [0.717, 1.165) is 4.47 Å². The van der Waals surface area contributed by atoms with E-state index in [0.29, 0.717) is 13.2 Å². The van der Waals surface area contributed by atoms with Gasteiger partial charge in [-0.1, -0.05) is 0 Å². The molecule has 0 saturated heterocycles. The minimum absolute atomic E-state index is 0.205. The van der Waals surface area contributed by atoms with E-state index in [-0.39, 0.29) is 12.5 Å². The largest absolute Gasteiger partial charge is 0.465 e. The number of thiophene rings is 1. The second-order valence-corrected chi connectivity index (χ2v) is 4.55. The number of rotatable bonds is 5. The van der Waals surface area contributed by atoms with Crippen molar-refractivity contribution in [3.63, 3.8) is 0 Å². The predicted molar refractivity (Wildman–Crippen MR) is 60.4 cm³/mol. The molecule has 1 heterocycles. The highest BCUT2D eigenvalue weighted by Crippen LogP contribution is 2.19. The third-order valence-electron chi connectivity index (χ3n) is 1.50. The molecule has 0 saturated carbocycles. The van der Waals surface area contributed by atoms with Gasteiger partial charge in [0.15, 0.2) is 0 Å². The average Bonchev–Trinajstić information content (AvgIpc) is 2.52. The van der Waals surface area contributed by atoms with Crippen molar-refractivity contribution in [2.24, 2.45) is 0 Å². The van der Waals surface area contributed by atoms with Crippen LogP contribution in [0.5, 0.6) is 0 Å². The second kappa shape index (κ2) is 6.16. The first-order valence-electron chi connectivity index (χ1n) is 4.31. The topological polar surface area (TPSA) is 38.3 Å². The number of hydrogen-bond donors (Lipinski definition) is 1. The molecule has 0 aromatic carbocycles. The summed E-state index contributed by atoms with van der Waals surface area (Å²) in [6, 6.07) is 2.03.